The van der Waals surface area contributed by atoms with E-state index in [0.29, 0.717) is 39.3 Å². The van der Waals surface area contributed by atoms with Crippen LogP contribution in [0.15, 0.2) is 18.2 Å². The number of piperidine rings is 1. The van der Waals surface area contributed by atoms with E-state index in [9.17, 15) is 8.42 Å². The van der Waals surface area contributed by atoms with Gasteiger partial charge >= 0.3 is 0 Å². The molecule has 2 heterocycles. The number of hydrogen-bond acceptors (Lipinski definition) is 5. The van der Waals surface area contributed by atoms with Gasteiger partial charge < -0.3 is 9.47 Å². The molecule has 0 amide bonds. The zero-order chi connectivity index (χ0) is 19.4. The summed E-state index contributed by atoms with van der Waals surface area (Å²) in [6.45, 7) is 5.85. The highest BCUT2D eigenvalue weighted by molar-refractivity contribution is 7.86. The van der Waals surface area contributed by atoms with E-state index in [1.165, 1.54) is 0 Å². The van der Waals surface area contributed by atoms with Crippen molar-refractivity contribution in [1.29, 1.82) is 0 Å². The molecule has 0 saturated carbocycles. The van der Waals surface area contributed by atoms with Gasteiger partial charge in [0.1, 0.15) is 11.5 Å². The summed E-state index contributed by atoms with van der Waals surface area (Å²) in [5, 5.41) is 0. The lowest BCUT2D eigenvalue weighted by molar-refractivity contribution is 0.165. The van der Waals surface area contributed by atoms with Crippen LogP contribution < -0.4 is 9.47 Å². The van der Waals surface area contributed by atoms with Crippen molar-refractivity contribution in [1.82, 2.24) is 13.5 Å². The second kappa shape index (κ2) is 8.77. The van der Waals surface area contributed by atoms with Gasteiger partial charge in [0.15, 0.2) is 0 Å². The van der Waals surface area contributed by atoms with Crippen LogP contribution in [0, 0.1) is 0 Å². The molecule has 1 aromatic carbocycles. The van der Waals surface area contributed by atoms with E-state index >= 15 is 0 Å². The lowest BCUT2D eigenvalue weighted by Gasteiger charge is -2.40. The first-order valence-electron chi connectivity index (χ1n) is 9.66. The highest BCUT2D eigenvalue weighted by Gasteiger charge is 2.36. The Morgan fingerprint density at radius 1 is 1.04 bits per heavy atom. The molecule has 0 aliphatic carbocycles. The number of benzene rings is 1. The van der Waals surface area contributed by atoms with Gasteiger partial charge in [0.25, 0.3) is 10.2 Å². The van der Waals surface area contributed by atoms with Crippen LogP contribution in [-0.2, 0) is 16.8 Å². The van der Waals surface area contributed by atoms with Gasteiger partial charge in [0.2, 0.25) is 0 Å². The van der Waals surface area contributed by atoms with E-state index in [-0.39, 0.29) is 6.04 Å². The second-order valence-electron chi connectivity index (χ2n) is 7.32. The van der Waals surface area contributed by atoms with E-state index in [1.54, 1.807) is 22.8 Å². The predicted molar refractivity (Wildman–Crippen MR) is 105 cm³/mol. The van der Waals surface area contributed by atoms with E-state index in [4.69, 9.17) is 9.47 Å². The van der Waals surface area contributed by atoms with Gasteiger partial charge in [-0.2, -0.15) is 17.0 Å². The van der Waals surface area contributed by atoms with E-state index in [1.807, 2.05) is 25.1 Å². The van der Waals surface area contributed by atoms with Gasteiger partial charge in [-0.3, -0.25) is 4.90 Å². The fraction of sp³-hybridized carbons (Fsp3) is 0.684. The second-order valence-corrected chi connectivity index (χ2v) is 9.20. The van der Waals surface area contributed by atoms with Gasteiger partial charge in [-0.1, -0.05) is 6.42 Å². The topological polar surface area (TPSA) is 62.3 Å². The highest BCUT2D eigenvalue weighted by atomic mass is 32.2. The molecule has 0 bridgehead atoms. The van der Waals surface area contributed by atoms with E-state index in [0.717, 1.165) is 36.3 Å². The third-order valence-electron chi connectivity index (χ3n) is 5.58. The molecule has 0 aromatic heterocycles. The van der Waals surface area contributed by atoms with Gasteiger partial charge in [-0.15, -0.1) is 0 Å². The average Bonchev–Trinajstić information content (AvgIpc) is 2.68. The first-order chi connectivity index (χ1) is 13.0. The molecule has 1 atom stereocenters. The first-order valence-corrected chi connectivity index (χ1v) is 11.1. The minimum atomic E-state index is -3.36. The molecule has 2 aliphatic heterocycles. The van der Waals surface area contributed by atoms with Crippen molar-refractivity contribution in [3.63, 3.8) is 0 Å². The summed E-state index contributed by atoms with van der Waals surface area (Å²) in [5.41, 5.74) is 1.05. The van der Waals surface area contributed by atoms with Crippen molar-refractivity contribution in [2.24, 2.45) is 0 Å². The third kappa shape index (κ3) is 4.56. The SMILES string of the molecule is COc1ccc(OC)c(CN2CCN(S(=O)(=O)N3CCCC[C@H]3C)CC2)c1. The van der Waals surface area contributed by atoms with Crippen LogP contribution in [0.3, 0.4) is 0 Å². The van der Waals surface area contributed by atoms with Crippen molar-refractivity contribution in [3.05, 3.63) is 23.8 Å². The Labute approximate surface area is 163 Å². The van der Waals surface area contributed by atoms with E-state index in [2.05, 4.69) is 4.90 Å². The number of hydrogen-bond donors (Lipinski definition) is 0. The van der Waals surface area contributed by atoms with Crippen LogP contribution in [-0.4, -0.2) is 74.9 Å². The molecular weight excluding hydrogens is 366 g/mol. The number of rotatable bonds is 6. The molecule has 7 nitrogen and oxygen atoms in total. The molecule has 0 radical (unpaired) electrons. The molecule has 2 fully saturated rings. The molecular formula is C19H31N3O4S. The molecule has 8 heteroatoms. The Balaban J connectivity index is 1.62. The summed E-state index contributed by atoms with van der Waals surface area (Å²) in [7, 11) is -0.0468. The lowest BCUT2D eigenvalue weighted by atomic mass is 10.1. The molecule has 3 rings (SSSR count). The number of nitrogens with zero attached hydrogens (tertiary/aromatic N) is 3. The Hall–Kier alpha value is -1.35. The van der Waals surface area contributed by atoms with Crippen LogP contribution in [0.2, 0.25) is 0 Å². The summed E-state index contributed by atoms with van der Waals surface area (Å²) in [5.74, 6) is 1.62. The number of methoxy groups -OCH3 is 2. The molecule has 27 heavy (non-hydrogen) atoms. The van der Waals surface area contributed by atoms with Crippen LogP contribution >= 0.6 is 0 Å². The smallest absolute Gasteiger partial charge is 0.282 e. The van der Waals surface area contributed by atoms with Crippen molar-refractivity contribution < 1.29 is 17.9 Å². The Morgan fingerprint density at radius 3 is 2.41 bits per heavy atom. The summed E-state index contributed by atoms with van der Waals surface area (Å²) >= 11 is 0. The van der Waals surface area contributed by atoms with Crippen molar-refractivity contribution in [2.45, 2.75) is 38.8 Å². The van der Waals surface area contributed by atoms with Gasteiger partial charge in [-0.05, 0) is 38.0 Å². The monoisotopic (exact) mass is 397 g/mol. The average molecular weight is 398 g/mol. The van der Waals surface area contributed by atoms with Crippen LogP contribution in [0.5, 0.6) is 11.5 Å². The summed E-state index contributed by atoms with van der Waals surface area (Å²) in [6, 6.07) is 5.87. The number of piperazine rings is 1. The quantitative estimate of drug-likeness (QED) is 0.734. The minimum absolute atomic E-state index is 0.0998. The normalized spacial score (nSPS) is 23.3. The molecule has 0 unspecified atom stereocenters. The van der Waals surface area contributed by atoms with Crippen molar-refractivity contribution >= 4 is 10.2 Å². The largest absolute Gasteiger partial charge is 0.497 e. The molecule has 152 valence electrons. The standard InChI is InChI=1S/C19H31N3O4S/c1-16-6-4-5-9-22(16)27(23,24)21-12-10-20(11-13-21)15-17-14-18(25-2)7-8-19(17)26-3/h7-8,14,16H,4-6,9-13,15H2,1-3H3/t16-/m1/s1. The fourth-order valence-corrected chi connectivity index (χ4v) is 5.77. The van der Waals surface area contributed by atoms with Crippen molar-refractivity contribution in [3.8, 4) is 11.5 Å². The summed E-state index contributed by atoms with van der Waals surface area (Å²) in [6.07, 6.45) is 3.03. The molecule has 2 saturated heterocycles. The third-order valence-corrected chi connectivity index (χ3v) is 7.73. The highest BCUT2D eigenvalue weighted by Crippen LogP contribution is 2.27. The molecule has 0 spiro atoms. The minimum Gasteiger partial charge on any atom is -0.497 e. The number of ether oxygens (including phenoxy) is 2. The Morgan fingerprint density at radius 2 is 1.78 bits per heavy atom. The summed E-state index contributed by atoms with van der Waals surface area (Å²) in [4.78, 5) is 2.27. The van der Waals surface area contributed by atoms with Gasteiger partial charge in [0, 0.05) is 50.9 Å². The lowest BCUT2D eigenvalue weighted by Crippen LogP contribution is -2.55. The zero-order valence-corrected chi connectivity index (χ0v) is 17.4. The Kier molecular flexibility index (Phi) is 6.62. The predicted octanol–water partition coefficient (Wildman–Crippen LogP) is 1.94. The molecule has 1 aromatic rings. The van der Waals surface area contributed by atoms with Crippen LogP contribution in [0.1, 0.15) is 31.7 Å². The zero-order valence-electron chi connectivity index (χ0n) is 16.6. The van der Waals surface area contributed by atoms with E-state index < -0.39 is 10.2 Å². The van der Waals surface area contributed by atoms with Gasteiger partial charge in [-0.25, -0.2) is 0 Å². The molecule has 2 aliphatic rings. The summed E-state index contributed by atoms with van der Waals surface area (Å²) < 4.78 is 40.1. The first kappa shape index (κ1) is 20.4. The molecule has 0 N–H and O–H groups in total. The van der Waals surface area contributed by atoms with Crippen molar-refractivity contribution in [2.75, 3.05) is 46.9 Å². The van der Waals surface area contributed by atoms with Crippen LogP contribution in [0.4, 0.5) is 0 Å². The van der Waals surface area contributed by atoms with Crippen LogP contribution in [0.25, 0.3) is 0 Å². The maximum absolute atomic E-state index is 13.0. The van der Waals surface area contributed by atoms with Gasteiger partial charge in [0.05, 0.1) is 14.2 Å². The maximum Gasteiger partial charge on any atom is 0.282 e. The fourth-order valence-electron chi connectivity index (χ4n) is 3.93. The Bertz CT molecular complexity index is 732. The maximum atomic E-state index is 13.0.